The second-order valence-electron chi connectivity index (χ2n) is 10.7. The molecule has 0 atom stereocenters. The van der Waals surface area contributed by atoms with E-state index in [1.54, 1.807) is 18.2 Å². The molecule has 3 aromatic carbocycles. The molecule has 1 saturated heterocycles. The first-order valence-corrected chi connectivity index (χ1v) is 16.5. The maximum absolute atomic E-state index is 13.2. The third-order valence-corrected chi connectivity index (χ3v) is 10.0. The lowest BCUT2D eigenvalue weighted by molar-refractivity contribution is -0.137. The van der Waals surface area contributed by atoms with Crippen LogP contribution in [0, 0.1) is 0 Å². The zero-order valence-electron chi connectivity index (χ0n) is 24.4. The molecule has 1 N–H and O–H groups in total. The van der Waals surface area contributed by atoms with Gasteiger partial charge in [-0.25, -0.2) is 4.98 Å². The third-order valence-electron chi connectivity index (χ3n) is 7.65. The number of thiazole rings is 1. The molecule has 0 saturated carbocycles. The normalized spacial score (nSPS) is 14.8. The van der Waals surface area contributed by atoms with E-state index in [0.29, 0.717) is 32.8 Å². The van der Waals surface area contributed by atoms with Crippen LogP contribution in [0.5, 0.6) is 11.5 Å². The number of rotatable bonds is 10. The molecular formula is C32H30Cl2F3N3O4S2. The minimum atomic E-state index is -4.41. The highest BCUT2D eigenvalue weighted by Gasteiger charge is 2.30. The molecule has 2 aliphatic rings. The van der Waals surface area contributed by atoms with Crippen LogP contribution in [0.15, 0.2) is 65.6 Å². The van der Waals surface area contributed by atoms with Gasteiger partial charge in [-0.2, -0.15) is 13.2 Å². The number of carbonyl (C=O) groups is 1. The number of carboxylic acid groups (broad SMARTS) is 1. The van der Waals surface area contributed by atoms with Gasteiger partial charge < -0.3 is 19.5 Å². The molecule has 6 rings (SSSR count). The summed E-state index contributed by atoms with van der Waals surface area (Å²) in [6, 6.07) is 16.5. The number of anilines is 1. The summed E-state index contributed by atoms with van der Waals surface area (Å²) in [5.41, 5.74) is 3.13. The third kappa shape index (κ3) is 8.21. The standard InChI is InChI=1S/C32H29ClF3N3O4S2.ClH/c33-25-16-24(44-19-30(40)41)6-8-28(25)43-18-29-26(37-31(45-29)20-1-3-22(4-2-20)32(34,35)36)17-38-10-12-39(13-11-38)23-5-7-27-21(15-23)9-14-42-27;/h1-8,15-16H,9-14,17-19H2,(H,40,41);1H. The van der Waals surface area contributed by atoms with Gasteiger partial charge in [-0.15, -0.1) is 35.5 Å². The minimum absolute atomic E-state index is 0. The Balaban J connectivity index is 0.00000417. The molecule has 46 heavy (non-hydrogen) atoms. The minimum Gasteiger partial charge on any atom is -0.493 e. The molecule has 7 nitrogen and oxygen atoms in total. The van der Waals surface area contributed by atoms with Crippen molar-refractivity contribution in [2.24, 2.45) is 0 Å². The number of nitrogens with zero attached hydrogens (tertiary/aromatic N) is 3. The van der Waals surface area contributed by atoms with Crippen LogP contribution in [-0.4, -0.2) is 59.5 Å². The number of fused-ring (bicyclic) bond motifs is 1. The number of alkyl halides is 3. The van der Waals surface area contributed by atoms with E-state index in [1.807, 2.05) is 6.07 Å². The van der Waals surface area contributed by atoms with Crippen LogP contribution in [-0.2, 0) is 30.5 Å². The second-order valence-corrected chi connectivity index (χ2v) is 13.2. The van der Waals surface area contributed by atoms with Gasteiger partial charge in [0.15, 0.2) is 0 Å². The molecule has 4 aromatic rings. The lowest BCUT2D eigenvalue weighted by atomic mass is 10.1. The summed E-state index contributed by atoms with van der Waals surface area (Å²) in [6.07, 6.45) is -3.49. The van der Waals surface area contributed by atoms with Crippen molar-refractivity contribution in [1.82, 2.24) is 9.88 Å². The molecule has 0 spiro atoms. The van der Waals surface area contributed by atoms with E-state index in [-0.39, 0.29) is 24.8 Å². The predicted octanol–water partition coefficient (Wildman–Crippen LogP) is 7.92. The maximum atomic E-state index is 13.2. The van der Waals surface area contributed by atoms with Gasteiger partial charge in [0, 0.05) is 55.3 Å². The Bertz CT molecular complexity index is 1680. The molecule has 0 amide bonds. The summed E-state index contributed by atoms with van der Waals surface area (Å²) >= 11 is 8.99. The van der Waals surface area contributed by atoms with Crippen molar-refractivity contribution in [1.29, 1.82) is 0 Å². The van der Waals surface area contributed by atoms with Gasteiger partial charge in [-0.3, -0.25) is 9.69 Å². The van der Waals surface area contributed by atoms with Gasteiger partial charge >= 0.3 is 12.1 Å². The highest BCUT2D eigenvalue weighted by atomic mass is 35.5. The summed E-state index contributed by atoms with van der Waals surface area (Å²) < 4.78 is 51.2. The van der Waals surface area contributed by atoms with Crippen molar-refractivity contribution in [3.8, 4) is 22.1 Å². The maximum Gasteiger partial charge on any atom is 0.416 e. The Morgan fingerprint density at radius 1 is 1.07 bits per heavy atom. The van der Waals surface area contributed by atoms with Gasteiger partial charge in [0.1, 0.15) is 23.1 Å². The van der Waals surface area contributed by atoms with Gasteiger partial charge in [-0.1, -0.05) is 23.7 Å². The molecule has 244 valence electrons. The number of piperazine rings is 1. The molecule has 2 aliphatic heterocycles. The largest absolute Gasteiger partial charge is 0.493 e. The zero-order chi connectivity index (χ0) is 31.6. The number of aliphatic carboxylic acids is 1. The van der Waals surface area contributed by atoms with E-state index in [1.165, 1.54) is 34.7 Å². The first-order valence-electron chi connectivity index (χ1n) is 14.3. The smallest absolute Gasteiger partial charge is 0.416 e. The van der Waals surface area contributed by atoms with Crippen LogP contribution in [0.1, 0.15) is 21.7 Å². The van der Waals surface area contributed by atoms with Crippen LogP contribution in [0.2, 0.25) is 5.02 Å². The number of hydrogen-bond donors (Lipinski definition) is 1. The average molecular weight is 713 g/mol. The van der Waals surface area contributed by atoms with Gasteiger partial charge in [0.25, 0.3) is 0 Å². The fourth-order valence-electron chi connectivity index (χ4n) is 5.27. The molecule has 1 fully saturated rings. The summed E-state index contributed by atoms with van der Waals surface area (Å²) in [7, 11) is 0. The Hall–Kier alpha value is -3.16. The molecular weight excluding hydrogens is 682 g/mol. The van der Waals surface area contributed by atoms with Crippen molar-refractivity contribution in [3.63, 3.8) is 0 Å². The van der Waals surface area contributed by atoms with E-state index in [0.717, 1.165) is 79.4 Å². The Morgan fingerprint density at radius 2 is 1.83 bits per heavy atom. The lowest BCUT2D eigenvalue weighted by Crippen LogP contribution is -2.46. The fourth-order valence-corrected chi connectivity index (χ4v) is 7.21. The zero-order valence-corrected chi connectivity index (χ0v) is 27.6. The van der Waals surface area contributed by atoms with Crippen molar-refractivity contribution in [3.05, 3.63) is 87.4 Å². The average Bonchev–Trinajstić information content (AvgIpc) is 3.66. The van der Waals surface area contributed by atoms with Crippen molar-refractivity contribution >= 4 is 58.8 Å². The van der Waals surface area contributed by atoms with Crippen LogP contribution in [0.4, 0.5) is 18.9 Å². The first kappa shape index (κ1) is 34.2. The van der Waals surface area contributed by atoms with Gasteiger partial charge in [0.05, 0.1) is 33.5 Å². The number of carboxylic acids is 1. The summed E-state index contributed by atoms with van der Waals surface area (Å²) in [6.45, 7) is 4.81. The van der Waals surface area contributed by atoms with Crippen LogP contribution in [0.25, 0.3) is 10.6 Å². The molecule has 0 aliphatic carbocycles. The summed E-state index contributed by atoms with van der Waals surface area (Å²) in [5.74, 6) is 0.413. The Labute approximate surface area is 283 Å². The predicted molar refractivity (Wildman–Crippen MR) is 177 cm³/mol. The van der Waals surface area contributed by atoms with E-state index < -0.39 is 17.7 Å². The molecule has 3 heterocycles. The summed E-state index contributed by atoms with van der Waals surface area (Å²) in [5, 5.41) is 9.91. The highest BCUT2D eigenvalue weighted by Crippen LogP contribution is 2.36. The Kier molecular flexibility index (Phi) is 10.9. The highest BCUT2D eigenvalue weighted by molar-refractivity contribution is 8.00. The van der Waals surface area contributed by atoms with Crippen LogP contribution < -0.4 is 14.4 Å². The number of ether oxygens (including phenoxy) is 2. The number of aromatic nitrogens is 1. The number of hydrogen-bond acceptors (Lipinski definition) is 8. The summed E-state index contributed by atoms with van der Waals surface area (Å²) in [4.78, 5) is 22.0. The molecule has 1 aromatic heterocycles. The first-order chi connectivity index (χ1) is 21.6. The topological polar surface area (TPSA) is 75.1 Å². The van der Waals surface area contributed by atoms with Crippen LogP contribution >= 0.6 is 47.1 Å². The molecule has 0 unspecified atom stereocenters. The number of thioether (sulfide) groups is 1. The van der Waals surface area contributed by atoms with Crippen LogP contribution in [0.3, 0.4) is 0 Å². The fraction of sp³-hybridized carbons (Fsp3) is 0.312. The number of halogens is 5. The van der Waals surface area contributed by atoms with Crippen molar-refractivity contribution in [2.75, 3.05) is 43.4 Å². The van der Waals surface area contributed by atoms with E-state index >= 15 is 0 Å². The van der Waals surface area contributed by atoms with E-state index in [9.17, 15) is 18.0 Å². The Morgan fingerprint density at radius 3 is 2.52 bits per heavy atom. The monoisotopic (exact) mass is 711 g/mol. The van der Waals surface area contributed by atoms with E-state index in [2.05, 4.69) is 21.9 Å². The van der Waals surface area contributed by atoms with Crippen molar-refractivity contribution in [2.45, 2.75) is 30.6 Å². The van der Waals surface area contributed by atoms with E-state index in [4.69, 9.17) is 31.2 Å². The van der Waals surface area contributed by atoms with Gasteiger partial charge in [0.2, 0.25) is 0 Å². The lowest BCUT2D eigenvalue weighted by Gasteiger charge is -2.36. The SMILES string of the molecule is Cl.O=C(O)CSc1ccc(OCc2sc(-c3ccc(C(F)(F)F)cc3)nc2CN2CCN(c3ccc4c(c3)CCO4)CC2)c(Cl)c1. The quantitative estimate of drug-likeness (QED) is 0.166. The van der Waals surface area contributed by atoms with Gasteiger partial charge in [-0.05, 0) is 54.1 Å². The second kappa shape index (κ2) is 14.7. The van der Waals surface area contributed by atoms with Crippen molar-refractivity contribution < 1.29 is 32.5 Å². The number of benzene rings is 3. The molecule has 0 bridgehead atoms. The molecule has 14 heteroatoms. The molecule has 0 radical (unpaired) electrons.